The summed E-state index contributed by atoms with van der Waals surface area (Å²) in [6.45, 7) is 0.655. The summed E-state index contributed by atoms with van der Waals surface area (Å²) in [7, 11) is 0. The molecule has 0 heterocycles. The van der Waals surface area contributed by atoms with Crippen LogP contribution in [0, 0.1) is 5.92 Å². The maximum atomic E-state index is 11.9. The Labute approximate surface area is 110 Å². The van der Waals surface area contributed by atoms with Crippen LogP contribution in [0.1, 0.15) is 32.6 Å². The van der Waals surface area contributed by atoms with Gasteiger partial charge in [0.15, 0.2) is 0 Å². The van der Waals surface area contributed by atoms with E-state index in [4.69, 9.17) is 10.5 Å². The fourth-order valence-electron chi connectivity index (χ4n) is 2.46. The van der Waals surface area contributed by atoms with E-state index in [-0.39, 0.29) is 13.2 Å². The van der Waals surface area contributed by atoms with E-state index in [0.29, 0.717) is 5.92 Å². The normalized spacial score (nSPS) is 28.2. The molecule has 3 N–H and O–H groups in total. The van der Waals surface area contributed by atoms with Crippen LogP contribution < -0.4 is 11.1 Å². The number of amides is 1. The van der Waals surface area contributed by atoms with Gasteiger partial charge in [-0.1, -0.05) is 19.8 Å². The van der Waals surface area contributed by atoms with E-state index in [2.05, 4.69) is 6.92 Å². The summed E-state index contributed by atoms with van der Waals surface area (Å²) in [5, 5.41) is 1.78. The summed E-state index contributed by atoms with van der Waals surface area (Å²) < 4.78 is 41.3. The minimum absolute atomic E-state index is 0.282. The highest BCUT2D eigenvalue weighted by atomic mass is 19.4. The first kappa shape index (κ1) is 16.2. The van der Waals surface area contributed by atoms with Crippen molar-refractivity contribution in [3.8, 4) is 0 Å². The first-order valence-corrected chi connectivity index (χ1v) is 6.44. The summed E-state index contributed by atoms with van der Waals surface area (Å²) in [6.07, 6.45) is -0.856. The van der Waals surface area contributed by atoms with Crippen LogP contribution in [-0.4, -0.2) is 37.4 Å². The summed E-state index contributed by atoms with van der Waals surface area (Å²) >= 11 is 0. The van der Waals surface area contributed by atoms with Gasteiger partial charge in [-0.05, 0) is 18.8 Å². The molecule has 0 spiro atoms. The lowest BCUT2D eigenvalue weighted by Gasteiger charge is -2.38. The van der Waals surface area contributed by atoms with Crippen LogP contribution in [-0.2, 0) is 9.53 Å². The van der Waals surface area contributed by atoms with Gasteiger partial charge in [-0.25, -0.2) is 0 Å². The summed E-state index contributed by atoms with van der Waals surface area (Å²) in [5.41, 5.74) is 5.13. The Kier molecular flexibility index (Phi) is 5.61. The maximum absolute atomic E-state index is 11.9. The van der Waals surface area contributed by atoms with Crippen LogP contribution in [0.25, 0.3) is 0 Å². The predicted octanol–water partition coefficient (Wildman–Crippen LogP) is 1.59. The number of hydrogen-bond donors (Lipinski definition) is 2. The molecule has 2 unspecified atom stereocenters. The lowest BCUT2D eigenvalue weighted by atomic mass is 9.79. The molecule has 1 amide bonds. The number of ether oxygens (including phenoxy) is 1. The van der Waals surface area contributed by atoms with Gasteiger partial charge in [0.2, 0.25) is 5.91 Å². The Morgan fingerprint density at radius 2 is 2.21 bits per heavy atom. The van der Waals surface area contributed by atoms with Crippen molar-refractivity contribution in [2.75, 3.05) is 19.7 Å². The highest BCUT2D eigenvalue weighted by Crippen LogP contribution is 2.34. The van der Waals surface area contributed by atoms with Gasteiger partial charge in [-0.15, -0.1) is 0 Å². The average Bonchev–Trinajstić information content (AvgIpc) is 2.33. The van der Waals surface area contributed by atoms with Crippen molar-refractivity contribution >= 4 is 5.91 Å². The van der Waals surface area contributed by atoms with E-state index in [1.807, 2.05) is 0 Å². The van der Waals surface area contributed by atoms with Gasteiger partial charge in [0, 0.05) is 6.54 Å². The third kappa shape index (κ3) is 5.78. The van der Waals surface area contributed by atoms with Crippen LogP contribution in [0.3, 0.4) is 0 Å². The molecule has 19 heavy (non-hydrogen) atoms. The molecular weight excluding hydrogens is 261 g/mol. The number of nitrogens with two attached hydrogens (primary N) is 1. The van der Waals surface area contributed by atoms with Crippen molar-refractivity contribution in [3.05, 3.63) is 0 Å². The molecule has 1 rings (SSSR count). The Hall–Kier alpha value is -0.820. The van der Waals surface area contributed by atoms with Gasteiger partial charge in [0.1, 0.15) is 13.2 Å². The Bertz CT molecular complexity index is 310. The minimum atomic E-state index is -4.40. The molecular formula is C12H21F3N2O2. The summed E-state index contributed by atoms with van der Waals surface area (Å²) in [4.78, 5) is 11.3. The number of hydrogen-bond acceptors (Lipinski definition) is 3. The van der Waals surface area contributed by atoms with Gasteiger partial charge < -0.3 is 15.8 Å². The molecule has 7 heteroatoms. The van der Waals surface area contributed by atoms with Crippen LogP contribution >= 0.6 is 0 Å². The van der Waals surface area contributed by atoms with Gasteiger partial charge in [-0.2, -0.15) is 13.2 Å². The molecule has 1 saturated carbocycles. The number of rotatable bonds is 5. The van der Waals surface area contributed by atoms with Crippen molar-refractivity contribution in [1.29, 1.82) is 0 Å². The van der Waals surface area contributed by atoms with E-state index in [0.717, 1.165) is 25.7 Å². The molecule has 0 aromatic rings. The fourth-order valence-corrected chi connectivity index (χ4v) is 2.46. The zero-order chi connectivity index (χ0) is 14.5. The van der Waals surface area contributed by atoms with Crippen LogP contribution in [0.4, 0.5) is 13.2 Å². The number of carbonyl (C=O) groups is 1. The Balaban J connectivity index is 2.38. The zero-order valence-electron chi connectivity index (χ0n) is 11.1. The molecule has 1 fully saturated rings. The number of halogens is 3. The van der Waals surface area contributed by atoms with Crippen molar-refractivity contribution in [1.82, 2.24) is 5.32 Å². The lowest BCUT2D eigenvalue weighted by molar-refractivity contribution is -0.147. The number of nitrogens with one attached hydrogen (secondary N) is 1. The molecule has 1 aliphatic rings. The molecule has 0 aromatic carbocycles. The highest BCUT2D eigenvalue weighted by Gasteiger charge is 2.35. The Morgan fingerprint density at radius 3 is 2.74 bits per heavy atom. The molecule has 0 aromatic heterocycles. The highest BCUT2D eigenvalue weighted by molar-refractivity contribution is 5.77. The summed E-state index contributed by atoms with van der Waals surface area (Å²) in [6, 6.07) is 0. The monoisotopic (exact) mass is 282 g/mol. The van der Waals surface area contributed by atoms with Crippen LogP contribution in [0.5, 0.6) is 0 Å². The number of alkyl halides is 3. The van der Waals surface area contributed by atoms with Crippen molar-refractivity contribution in [3.63, 3.8) is 0 Å². The third-order valence-corrected chi connectivity index (χ3v) is 3.42. The second kappa shape index (κ2) is 6.56. The van der Waals surface area contributed by atoms with E-state index in [1.54, 1.807) is 5.32 Å². The molecule has 2 atom stereocenters. The first-order valence-electron chi connectivity index (χ1n) is 6.44. The molecule has 1 aliphatic carbocycles. The fraction of sp³-hybridized carbons (Fsp3) is 0.917. The van der Waals surface area contributed by atoms with Crippen LogP contribution in [0.2, 0.25) is 0 Å². The standard InChI is InChI=1S/C12H21F3N2O2/c1-9-3-2-4-11(5-9,7-16)19-6-10(18)17-8-12(13,14)15/h9H,2-8,16H2,1H3,(H,17,18). The summed E-state index contributed by atoms with van der Waals surface area (Å²) in [5.74, 6) is -0.307. The van der Waals surface area contributed by atoms with Crippen LogP contribution in [0.15, 0.2) is 0 Å². The molecule has 0 bridgehead atoms. The average molecular weight is 282 g/mol. The quantitative estimate of drug-likeness (QED) is 0.805. The minimum Gasteiger partial charge on any atom is -0.364 e. The molecule has 112 valence electrons. The van der Waals surface area contributed by atoms with Crippen molar-refractivity contribution < 1.29 is 22.7 Å². The van der Waals surface area contributed by atoms with Gasteiger partial charge in [0.05, 0.1) is 5.60 Å². The topological polar surface area (TPSA) is 64.3 Å². The molecule has 0 radical (unpaired) electrons. The van der Waals surface area contributed by atoms with E-state index < -0.39 is 24.2 Å². The second-order valence-electron chi connectivity index (χ2n) is 5.27. The Morgan fingerprint density at radius 1 is 1.53 bits per heavy atom. The molecule has 4 nitrogen and oxygen atoms in total. The second-order valence-corrected chi connectivity index (χ2v) is 5.27. The number of carbonyl (C=O) groups excluding carboxylic acids is 1. The van der Waals surface area contributed by atoms with E-state index in [9.17, 15) is 18.0 Å². The largest absolute Gasteiger partial charge is 0.405 e. The lowest BCUT2D eigenvalue weighted by Crippen LogP contribution is -2.47. The molecule has 0 aliphatic heterocycles. The molecule has 0 saturated heterocycles. The van der Waals surface area contributed by atoms with Gasteiger partial charge in [-0.3, -0.25) is 4.79 Å². The van der Waals surface area contributed by atoms with E-state index in [1.165, 1.54) is 0 Å². The maximum Gasteiger partial charge on any atom is 0.405 e. The zero-order valence-corrected chi connectivity index (χ0v) is 11.1. The van der Waals surface area contributed by atoms with Crippen molar-refractivity contribution in [2.24, 2.45) is 11.7 Å². The van der Waals surface area contributed by atoms with E-state index >= 15 is 0 Å². The van der Waals surface area contributed by atoms with Gasteiger partial charge >= 0.3 is 6.18 Å². The SMILES string of the molecule is CC1CCCC(CN)(OCC(=O)NCC(F)(F)F)C1. The first-order chi connectivity index (χ1) is 8.76. The van der Waals surface area contributed by atoms with Gasteiger partial charge in [0.25, 0.3) is 0 Å². The smallest absolute Gasteiger partial charge is 0.364 e. The van der Waals surface area contributed by atoms with Crippen molar-refractivity contribution in [2.45, 2.75) is 44.4 Å². The third-order valence-electron chi connectivity index (χ3n) is 3.42. The predicted molar refractivity (Wildman–Crippen MR) is 64.4 cm³/mol.